The molecule has 0 saturated carbocycles. The van der Waals surface area contributed by atoms with Crippen molar-refractivity contribution in [3.8, 4) is 0 Å². The van der Waals surface area contributed by atoms with E-state index in [0.717, 1.165) is 23.9 Å². The number of carbonyl (C=O) groups excluding carboxylic acids is 3. The Bertz CT molecular complexity index is 960. The van der Waals surface area contributed by atoms with Crippen molar-refractivity contribution in [3.63, 3.8) is 0 Å². The lowest BCUT2D eigenvalue weighted by atomic mass is 9.90. The zero-order valence-electron chi connectivity index (χ0n) is 20.4. The first-order chi connectivity index (χ1) is 15.5. The molecule has 0 spiro atoms. The molecule has 180 valence electrons. The van der Waals surface area contributed by atoms with E-state index in [2.05, 4.69) is 41.4 Å². The second-order valence-corrected chi connectivity index (χ2v) is 10.3. The standard InChI is InChI=1S/C25H37N5O3/c1-16-9-8-14-30(16)22(32)15-20(27-21(31)12-13-25(3,4)5)24(33)26-17(2)23-28-18-10-6-7-11-19(18)29-23/h6-7,10-11,16-17,20H,8-9,12-15H2,1-5H3,(H,26,33)(H,27,31)(H,28,29)/t16-,17-,20-/m0/s1. The number of fused-ring (bicyclic) bond motifs is 1. The van der Waals surface area contributed by atoms with Gasteiger partial charge in [0.25, 0.3) is 0 Å². The highest BCUT2D eigenvalue weighted by atomic mass is 16.2. The molecule has 3 N–H and O–H groups in total. The summed E-state index contributed by atoms with van der Waals surface area (Å²) < 4.78 is 0. The minimum Gasteiger partial charge on any atom is -0.345 e. The van der Waals surface area contributed by atoms with Crippen molar-refractivity contribution in [2.45, 2.75) is 84.8 Å². The molecule has 8 heteroatoms. The van der Waals surface area contributed by atoms with Gasteiger partial charge in [0.15, 0.2) is 0 Å². The van der Waals surface area contributed by atoms with E-state index in [1.807, 2.05) is 43.0 Å². The van der Waals surface area contributed by atoms with Crippen LogP contribution in [0.15, 0.2) is 24.3 Å². The summed E-state index contributed by atoms with van der Waals surface area (Å²) in [5, 5.41) is 5.74. The van der Waals surface area contributed by atoms with Gasteiger partial charge in [-0.1, -0.05) is 32.9 Å². The average Bonchev–Trinajstić information content (AvgIpc) is 3.37. The van der Waals surface area contributed by atoms with E-state index in [-0.39, 0.29) is 35.6 Å². The number of hydrogen-bond acceptors (Lipinski definition) is 4. The molecule has 0 radical (unpaired) electrons. The number of aromatic nitrogens is 2. The smallest absolute Gasteiger partial charge is 0.243 e. The third-order valence-electron chi connectivity index (χ3n) is 6.18. The molecule has 1 aromatic heterocycles. The van der Waals surface area contributed by atoms with Gasteiger partial charge in [-0.15, -0.1) is 0 Å². The molecule has 1 fully saturated rings. The van der Waals surface area contributed by atoms with Crippen LogP contribution in [0.1, 0.15) is 78.6 Å². The van der Waals surface area contributed by atoms with Crippen LogP contribution in [0.3, 0.4) is 0 Å². The van der Waals surface area contributed by atoms with Gasteiger partial charge in [0.05, 0.1) is 23.5 Å². The van der Waals surface area contributed by atoms with Gasteiger partial charge in [-0.05, 0) is 50.7 Å². The molecule has 2 aromatic rings. The molecule has 1 aliphatic rings. The van der Waals surface area contributed by atoms with Gasteiger partial charge in [0.1, 0.15) is 11.9 Å². The monoisotopic (exact) mass is 455 g/mol. The SMILES string of the molecule is C[C@H](NC(=O)[C@H](CC(=O)N1CCC[C@@H]1C)NC(=O)CCC(C)(C)C)c1nc2ccccc2[nH]1. The minimum absolute atomic E-state index is 0.00566. The second-order valence-electron chi connectivity index (χ2n) is 10.3. The summed E-state index contributed by atoms with van der Waals surface area (Å²) in [6.07, 6.45) is 2.87. The molecular formula is C25H37N5O3. The van der Waals surface area contributed by atoms with Crippen LogP contribution < -0.4 is 10.6 Å². The maximum Gasteiger partial charge on any atom is 0.243 e. The third kappa shape index (κ3) is 6.79. The summed E-state index contributed by atoms with van der Waals surface area (Å²) in [4.78, 5) is 48.3. The van der Waals surface area contributed by atoms with E-state index in [1.54, 1.807) is 0 Å². The Morgan fingerprint density at radius 2 is 1.94 bits per heavy atom. The van der Waals surface area contributed by atoms with Gasteiger partial charge in [-0.3, -0.25) is 14.4 Å². The number of likely N-dealkylation sites (tertiary alicyclic amines) is 1. The summed E-state index contributed by atoms with van der Waals surface area (Å²) in [5.41, 5.74) is 1.71. The molecule has 2 heterocycles. The van der Waals surface area contributed by atoms with E-state index in [9.17, 15) is 14.4 Å². The molecule has 0 unspecified atom stereocenters. The lowest BCUT2D eigenvalue weighted by molar-refractivity contribution is -0.137. The topological polar surface area (TPSA) is 107 Å². The van der Waals surface area contributed by atoms with Crippen LogP contribution in [0, 0.1) is 5.41 Å². The number of carbonyl (C=O) groups is 3. The number of aromatic amines is 1. The number of benzene rings is 1. The van der Waals surface area contributed by atoms with Crippen molar-refractivity contribution in [1.82, 2.24) is 25.5 Å². The maximum atomic E-state index is 13.2. The summed E-state index contributed by atoms with van der Waals surface area (Å²) in [7, 11) is 0. The average molecular weight is 456 g/mol. The number of hydrogen-bond donors (Lipinski definition) is 3. The largest absolute Gasteiger partial charge is 0.345 e. The minimum atomic E-state index is -0.926. The molecular weight excluding hydrogens is 418 g/mol. The number of imidazole rings is 1. The normalized spacial score (nSPS) is 18.2. The van der Waals surface area contributed by atoms with Gasteiger partial charge in [0.2, 0.25) is 17.7 Å². The summed E-state index contributed by atoms with van der Waals surface area (Å²) >= 11 is 0. The molecule has 3 atom stereocenters. The highest BCUT2D eigenvalue weighted by Crippen LogP contribution is 2.21. The lowest BCUT2D eigenvalue weighted by Gasteiger charge is -2.26. The Morgan fingerprint density at radius 3 is 2.58 bits per heavy atom. The van der Waals surface area contributed by atoms with Crippen molar-refractivity contribution in [2.75, 3.05) is 6.54 Å². The van der Waals surface area contributed by atoms with Crippen LogP contribution >= 0.6 is 0 Å². The van der Waals surface area contributed by atoms with Gasteiger partial charge < -0.3 is 20.5 Å². The summed E-state index contributed by atoms with van der Waals surface area (Å²) in [6, 6.07) is 6.48. The number of nitrogens with one attached hydrogen (secondary N) is 3. The van der Waals surface area contributed by atoms with Crippen molar-refractivity contribution in [2.24, 2.45) is 5.41 Å². The Hall–Kier alpha value is -2.90. The van der Waals surface area contributed by atoms with E-state index in [4.69, 9.17) is 0 Å². The molecule has 3 rings (SSSR count). The first-order valence-electron chi connectivity index (χ1n) is 11.9. The van der Waals surface area contributed by atoms with E-state index >= 15 is 0 Å². The fraction of sp³-hybridized carbons (Fsp3) is 0.600. The molecule has 3 amide bonds. The van der Waals surface area contributed by atoms with Crippen molar-refractivity contribution >= 4 is 28.8 Å². The van der Waals surface area contributed by atoms with Crippen molar-refractivity contribution < 1.29 is 14.4 Å². The fourth-order valence-corrected chi connectivity index (χ4v) is 4.12. The van der Waals surface area contributed by atoms with Gasteiger partial charge in [0, 0.05) is 19.0 Å². The van der Waals surface area contributed by atoms with Crippen LogP contribution in [0.4, 0.5) is 0 Å². The number of rotatable bonds is 8. The zero-order valence-corrected chi connectivity index (χ0v) is 20.4. The highest BCUT2D eigenvalue weighted by Gasteiger charge is 2.31. The predicted molar refractivity (Wildman–Crippen MR) is 128 cm³/mol. The zero-order chi connectivity index (χ0) is 24.2. The molecule has 8 nitrogen and oxygen atoms in total. The first kappa shape index (κ1) is 24.7. The molecule has 0 aliphatic carbocycles. The number of H-pyrrole nitrogens is 1. The maximum absolute atomic E-state index is 13.2. The van der Waals surface area contributed by atoms with Gasteiger partial charge >= 0.3 is 0 Å². The highest BCUT2D eigenvalue weighted by molar-refractivity contribution is 5.92. The molecule has 1 aromatic carbocycles. The molecule has 1 saturated heterocycles. The van der Waals surface area contributed by atoms with Crippen LogP contribution in [-0.2, 0) is 14.4 Å². The first-order valence-corrected chi connectivity index (χ1v) is 11.9. The second kappa shape index (κ2) is 10.4. The molecule has 1 aliphatic heterocycles. The number of nitrogens with zero attached hydrogens (tertiary/aromatic N) is 2. The number of amides is 3. The Balaban J connectivity index is 1.69. The predicted octanol–water partition coefficient (Wildman–Crippen LogP) is 3.45. The van der Waals surface area contributed by atoms with Crippen molar-refractivity contribution in [1.29, 1.82) is 0 Å². The van der Waals surface area contributed by atoms with E-state index in [1.165, 1.54) is 0 Å². The lowest BCUT2D eigenvalue weighted by Crippen LogP contribution is -2.50. The molecule has 0 bridgehead atoms. The van der Waals surface area contributed by atoms with Gasteiger partial charge in [-0.25, -0.2) is 4.98 Å². The van der Waals surface area contributed by atoms with Crippen molar-refractivity contribution in [3.05, 3.63) is 30.1 Å². The molecule has 33 heavy (non-hydrogen) atoms. The summed E-state index contributed by atoms with van der Waals surface area (Å²) in [5.74, 6) is -0.0782. The Labute approximate surface area is 195 Å². The van der Waals surface area contributed by atoms with Gasteiger partial charge in [-0.2, -0.15) is 0 Å². The fourth-order valence-electron chi connectivity index (χ4n) is 4.12. The van der Waals surface area contributed by atoms with Crippen LogP contribution in [-0.4, -0.2) is 51.2 Å². The van der Waals surface area contributed by atoms with Crippen LogP contribution in [0.2, 0.25) is 0 Å². The Morgan fingerprint density at radius 1 is 1.21 bits per heavy atom. The Kier molecular flexibility index (Phi) is 7.76. The third-order valence-corrected chi connectivity index (χ3v) is 6.18. The van der Waals surface area contributed by atoms with E-state index < -0.39 is 12.1 Å². The van der Waals surface area contributed by atoms with Crippen LogP contribution in [0.5, 0.6) is 0 Å². The van der Waals surface area contributed by atoms with Crippen LogP contribution in [0.25, 0.3) is 11.0 Å². The quantitative estimate of drug-likeness (QED) is 0.567. The number of para-hydroxylation sites is 2. The van der Waals surface area contributed by atoms with E-state index in [0.29, 0.717) is 25.2 Å². The summed E-state index contributed by atoms with van der Waals surface area (Å²) in [6.45, 7) is 10.7.